The fourth-order valence-electron chi connectivity index (χ4n) is 5.78. The number of allylic oxidation sites excluding steroid dienone is 5. The minimum absolute atomic E-state index is 0.178. The van der Waals surface area contributed by atoms with E-state index in [0.717, 1.165) is 50.7 Å². The lowest BCUT2D eigenvalue weighted by molar-refractivity contribution is 0.0577. The minimum atomic E-state index is 0.178. The normalized spacial score (nSPS) is 28.9. The Morgan fingerprint density at radius 3 is 2.55 bits per heavy atom. The molecule has 3 unspecified atom stereocenters. The van der Waals surface area contributed by atoms with Crippen molar-refractivity contribution in [2.45, 2.75) is 39.2 Å². The number of amides is 1. The molecule has 0 radical (unpaired) electrons. The summed E-state index contributed by atoms with van der Waals surface area (Å²) in [5.41, 5.74) is 5.08. The highest BCUT2D eigenvalue weighted by Gasteiger charge is 2.36. The van der Waals surface area contributed by atoms with Gasteiger partial charge in [0.05, 0.1) is 0 Å². The summed E-state index contributed by atoms with van der Waals surface area (Å²) < 4.78 is 0. The zero-order valence-corrected chi connectivity index (χ0v) is 19.0. The molecule has 4 heteroatoms. The van der Waals surface area contributed by atoms with Crippen molar-refractivity contribution in [1.29, 1.82) is 0 Å². The van der Waals surface area contributed by atoms with Crippen LogP contribution in [0.5, 0.6) is 0 Å². The molecular formula is C27H35N3O. The summed E-state index contributed by atoms with van der Waals surface area (Å²) in [6.45, 7) is 10.4. The molecular weight excluding hydrogens is 382 g/mol. The largest absolute Gasteiger partial charge is 0.370 e. The van der Waals surface area contributed by atoms with E-state index in [9.17, 15) is 4.79 Å². The molecule has 164 valence electrons. The number of carbonyl (C=O) groups excluding carboxylic acids is 1. The van der Waals surface area contributed by atoms with Crippen LogP contribution in [0.4, 0.5) is 0 Å². The Balaban J connectivity index is 1.18. The molecule has 0 N–H and O–H groups in total. The highest BCUT2D eigenvalue weighted by molar-refractivity contribution is 5.94. The third-order valence-electron chi connectivity index (χ3n) is 7.79. The summed E-state index contributed by atoms with van der Waals surface area (Å²) in [5, 5.41) is 0. The van der Waals surface area contributed by atoms with Gasteiger partial charge in [0.15, 0.2) is 0 Å². The molecule has 1 aromatic rings. The smallest absolute Gasteiger partial charge is 0.253 e. The van der Waals surface area contributed by atoms with Gasteiger partial charge in [-0.2, -0.15) is 0 Å². The van der Waals surface area contributed by atoms with Crippen LogP contribution in [0.1, 0.15) is 42.1 Å². The van der Waals surface area contributed by atoms with Crippen LogP contribution < -0.4 is 0 Å². The second-order valence-corrected chi connectivity index (χ2v) is 9.78. The van der Waals surface area contributed by atoms with Crippen molar-refractivity contribution < 1.29 is 4.79 Å². The number of benzene rings is 1. The molecule has 4 nitrogen and oxygen atoms in total. The average molecular weight is 418 g/mol. The molecule has 0 saturated carbocycles. The number of carbonyl (C=O) groups is 1. The first kappa shape index (κ1) is 20.6. The Labute approximate surface area is 186 Å². The number of hydrogen-bond donors (Lipinski definition) is 0. The third-order valence-corrected chi connectivity index (χ3v) is 7.79. The first-order valence-corrected chi connectivity index (χ1v) is 12.0. The van der Waals surface area contributed by atoms with Crippen LogP contribution in [0, 0.1) is 18.8 Å². The summed E-state index contributed by atoms with van der Waals surface area (Å²) in [7, 11) is 0. The van der Waals surface area contributed by atoms with Crippen LogP contribution in [0.15, 0.2) is 59.8 Å². The summed E-state index contributed by atoms with van der Waals surface area (Å²) in [4.78, 5) is 20.1. The molecule has 5 rings (SSSR count). The van der Waals surface area contributed by atoms with E-state index in [1.165, 1.54) is 30.5 Å². The topological polar surface area (TPSA) is 26.8 Å². The predicted octanol–water partition coefficient (Wildman–Crippen LogP) is 4.25. The lowest BCUT2D eigenvalue weighted by atomic mass is 9.75. The minimum Gasteiger partial charge on any atom is -0.370 e. The maximum atomic E-state index is 12.8. The molecule has 2 aliphatic carbocycles. The van der Waals surface area contributed by atoms with Crippen molar-refractivity contribution in [3.63, 3.8) is 0 Å². The number of fused-ring (bicyclic) bond motifs is 1. The molecule has 0 bridgehead atoms. The highest BCUT2D eigenvalue weighted by atomic mass is 16.2. The van der Waals surface area contributed by atoms with Crippen LogP contribution in [-0.4, -0.2) is 65.9 Å². The Morgan fingerprint density at radius 2 is 1.77 bits per heavy atom. The summed E-state index contributed by atoms with van der Waals surface area (Å²) in [6.07, 6.45) is 13.1. The molecule has 3 atom stereocenters. The zero-order chi connectivity index (χ0) is 21.4. The quantitative estimate of drug-likeness (QED) is 0.736. The van der Waals surface area contributed by atoms with Gasteiger partial charge in [0.1, 0.15) is 0 Å². The molecule has 2 heterocycles. The molecule has 2 fully saturated rings. The number of hydrogen-bond acceptors (Lipinski definition) is 3. The van der Waals surface area contributed by atoms with Gasteiger partial charge in [-0.05, 0) is 55.7 Å². The maximum Gasteiger partial charge on any atom is 0.253 e. The van der Waals surface area contributed by atoms with Crippen molar-refractivity contribution in [3.8, 4) is 0 Å². The van der Waals surface area contributed by atoms with Gasteiger partial charge in [0.2, 0.25) is 0 Å². The standard InChI is InChI=1S/C27H35N3O/c1-20-7-10-22(11-8-20)27(31)29-17-15-28(16-18-29)23-13-14-30(19-23)26-12-9-21(2)24-5-3-4-6-25(24)26/h3-4,6-8,10-12,21,23-24H,5,9,13-19H2,1-2H3. The van der Waals surface area contributed by atoms with Gasteiger partial charge in [-0.3, -0.25) is 9.69 Å². The number of aryl methyl sites for hydroxylation is 1. The Hall–Kier alpha value is -2.33. The van der Waals surface area contributed by atoms with Gasteiger partial charge < -0.3 is 9.80 Å². The zero-order valence-electron chi connectivity index (χ0n) is 19.0. The average Bonchev–Trinajstić information content (AvgIpc) is 3.30. The molecule has 31 heavy (non-hydrogen) atoms. The summed E-state index contributed by atoms with van der Waals surface area (Å²) >= 11 is 0. The van der Waals surface area contributed by atoms with Crippen molar-refractivity contribution in [2.24, 2.45) is 11.8 Å². The van der Waals surface area contributed by atoms with Crippen LogP contribution in [-0.2, 0) is 0 Å². The van der Waals surface area contributed by atoms with E-state index < -0.39 is 0 Å². The molecule has 2 aliphatic heterocycles. The summed E-state index contributed by atoms with van der Waals surface area (Å²) in [5.74, 6) is 1.62. The fraction of sp³-hybridized carbons (Fsp3) is 0.519. The van der Waals surface area contributed by atoms with Crippen LogP contribution in [0.3, 0.4) is 0 Å². The van der Waals surface area contributed by atoms with E-state index in [2.05, 4.69) is 48.0 Å². The second-order valence-electron chi connectivity index (χ2n) is 9.78. The lowest BCUT2D eigenvalue weighted by Gasteiger charge is -2.39. The lowest BCUT2D eigenvalue weighted by Crippen LogP contribution is -2.52. The van der Waals surface area contributed by atoms with E-state index in [4.69, 9.17) is 0 Å². The third kappa shape index (κ3) is 4.10. The van der Waals surface area contributed by atoms with Gasteiger partial charge in [0.25, 0.3) is 5.91 Å². The number of likely N-dealkylation sites (tertiary alicyclic amines) is 1. The number of rotatable bonds is 3. The number of piperazine rings is 1. The van der Waals surface area contributed by atoms with Gasteiger partial charge in [-0.15, -0.1) is 0 Å². The van der Waals surface area contributed by atoms with Crippen LogP contribution >= 0.6 is 0 Å². The van der Waals surface area contributed by atoms with Crippen LogP contribution in [0.2, 0.25) is 0 Å². The van der Waals surface area contributed by atoms with Gasteiger partial charge in [-0.1, -0.05) is 48.9 Å². The Kier molecular flexibility index (Phi) is 5.75. The Morgan fingerprint density at radius 1 is 1.00 bits per heavy atom. The maximum absolute atomic E-state index is 12.8. The molecule has 2 saturated heterocycles. The van der Waals surface area contributed by atoms with Gasteiger partial charge in [-0.25, -0.2) is 0 Å². The van der Waals surface area contributed by atoms with E-state index in [1.54, 1.807) is 5.57 Å². The van der Waals surface area contributed by atoms with E-state index >= 15 is 0 Å². The second kappa shape index (κ2) is 8.66. The molecule has 1 amide bonds. The monoisotopic (exact) mass is 417 g/mol. The van der Waals surface area contributed by atoms with E-state index in [-0.39, 0.29) is 5.91 Å². The molecule has 0 spiro atoms. The van der Waals surface area contributed by atoms with Crippen LogP contribution in [0.25, 0.3) is 0 Å². The molecule has 4 aliphatic rings. The van der Waals surface area contributed by atoms with E-state index in [0.29, 0.717) is 12.0 Å². The van der Waals surface area contributed by atoms with E-state index in [1.807, 2.05) is 29.2 Å². The first-order valence-electron chi connectivity index (χ1n) is 12.0. The molecule has 0 aromatic heterocycles. The van der Waals surface area contributed by atoms with Crippen molar-refractivity contribution >= 4 is 5.91 Å². The van der Waals surface area contributed by atoms with Crippen molar-refractivity contribution in [2.75, 3.05) is 39.3 Å². The Bertz CT molecular complexity index is 905. The van der Waals surface area contributed by atoms with Gasteiger partial charge in [0, 0.05) is 56.6 Å². The molecule has 1 aromatic carbocycles. The predicted molar refractivity (Wildman–Crippen MR) is 126 cm³/mol. The number of nitrogens with zero attached hydrogens (tertiary/aromatic N) is 3. The fourth-order valence-corrected chi connectivity index (χ4v) is 5.78. The van der Waals surface area contributed by atoms with Crippen molar-refractivity contribution in [1.82, 2.24) is 14.7 Å². The first-order chi connectivity index (χ1) is 15.1. The highest BCUT2D eigenvalue weighted by Crippen LogP contribution is 2.41. The summed E-state index contributed by atoms with van der Waals surface area (Å²) in [6, 6.07) is 8.58. The van der Waals surface area contributed by atoms with Crippen molar-refractivity contribution in [3.05, 3.63) is 71.0 Å². The van der Waals surface area contributed by atoms with Gasteiger partial charge >= 0.3 is 0 Å². The SMILES string of the molecule is Cc1ccc(C(=O)N2CCN(C3CCN(C4=CCC(C)C5CC=CC=C45)C3)CC2)cc1.